The summed E-state index contributed by atoms with van der Waals surface area (Å²) >= 11 is 1.59. The number of aromatic amines is 1. The van der Waals surface area contributed by atoms with Crippen molar-refractivity contribution in [1.29, 1.82) is 0 Å². The van der Waals surface area contributed by atoms with Gasteiger partial charge in [0.1, 0.15) is 0 Å². The number of nitrogens with one attached hydrogen (secondary N) is 1. The zero-order valence-electron chi connectivity index (χ0n) is 16.0. The van der Waals surface area contributed by atoms with Crippen LogP contribution in [0.15, 0.2) is 70.5 Å². The first kappa shape index (κ1) is 17.5. The highest BCUT2D eigenvalue weighted by molar-refractivity contribution is 7.98. The molecule has 8 heteroatoms. The Kier molecular flexibility index (Phi) is 4.16. The minimum Gasteiger partial charge on any atom is -0.360 e. The first-order chi connectivity index (χ1) is 14.9. The van der Waals surface area contributed by atoms with Crippen LogP contribution in [0.1, 0.15) is 24.7 Å². The highest BCUT2D eigenvalue weighted by atomic mass is 32.2. The molecular formula is C22H18N6OS. The van der Waals surface area contributed by atoms with E-state index in [2.05, 4.69) is 42.0 Å². The molecule has 0 bridgehead atoms. The predicted octanol–water partition coefficient (Wildman–Crippen LogP) is 5.10. The van der Waals surface area contributed by atoms with Crippen LogP contribution in [-0.2, 0) is 5.75 Å². The maximum absolute atomic E-state index is 5.42. The molecule has 0 spiro atoms. The van der Waals surface area contributed by atoms with Gasteiger partial charge in [-0.3, -0.25) is 4.57 Å². The van der Waals surface area contributed by atoms with E-state index in [1.165, 1.54) is 0 Å². The highest BCUT2D eigenvalue weighted by Gasteiger charge is 2.31. The number of rotatable bonds is 6. The van der Waals surface area contributed by atoms with Gasteiger partial charge in [0.25, 0.3) is 5.89 Å². The molecule has 2 aromatic carbocycles. The van der Waals surface area contributed by atoms with E-state index in [1.54, 1.807) is 11.8 Å². The molecule has 3 aromatic heterocycles. The Hall–Kier alpha value is -3.39. The number of benzene rings is 2. The summed E-state index contributed by atoms with van der Waals surface area (Å²) in [6.07, 6.45) is 4.33. The van der Waals surface area contributed by atoms with Crippen molar-refractivity contribution < 1.29 is 4.52 Å². The lowest BCUT2D eigenvalue weighted by Gasteiger charge is -2.07. The van der Waals surface area contributed by atoms with Gasteiger partial charge in [-0.1, -0.05) is 53.3 Å². The van der Waals surface area contributed by atoms with Crippen molar-refractivity contribution in [3.8, 4) is 22.8 Å². The van der Waals surface area contributed by atoms with Crippen LogP contribution in [0.25, 0.3) is 33.7 Å². The fourth-order valence-corrected chi connectivity index (χ4v) is 4.47. The van der Waals surface area contributed by atoms with Gasteiger partial charge in [0.2, 0.25) is 0 Å². The monoisotopic (exact) mass is 414 g/mol. The summed E-state index contributed by atoms with van der Waals surface area (Å²) in [4.78, 5) is 7.86. The van der Waals surface area contributed by atoms with E-state index < -0.39 is 0 Å². The van der Waals surface area contributed by atoms with Crippen molar-refractivity contribution in [1.82, 2.24) is 29.9 Å². The Balaban J connectivity index is 1.28. The average molecular weight is 414 g/mol. The maximum Gasteiger partial charge on any atom is 0.257 e. The molecule has 6 rings (SSSR count). The van der Waals surface area contributed by atoms with E-state index in [1.807, 2.05) is 48.7 Å². The Labute approximate surface area is 176 Å². The molecule has 0 saturated heterocycles. The van der Waals surface area contributed by atoms with Crippen LogP contribution < -0.4 is 0 Å². The molecule has 1 fully saturated rings. The largest absolute Gasteiger partial charge is 0.360 e. The molecule has 148 valence electrons. The number of H-pyrrole nitrogens is 1. The third-order valence-corrected chi connectivity index (χ3v) is 6.16. The number of nitrogens with zero attached hydrogens (tertiary/aromatic N) is 5. The summed E-state index contributed by atoms with van der Waals surface area (Å²) in [6.45, 7) is 0. The van der Waals surface area contributed by atoms with Gasteiger partial charge in [-0.05, 0) is 31.0 Å². The summed E-state index contributed by atoms with van der Waals surface area (Å²) in [5, 5.41) is 15.2. The van der Waals surface area contributed by atoms with E-state index >= 15 is 0 Å². The van der Waals surface area contributed by atoms with Crippen molar-refractivity contribution in [2.75, 3.05) is 0 Å². The van der Waals surface area contributed by atoms with Gasteiger partial charge in [-0.25, -0.2) is 0 Å². The second kappa shape index (κ2) is 7.14. The van der Waals surface area contributed by atoms with Crippen LogP contribution in [0.4, 0.5) is 0 Å². The van der Waals surface area contributed by atoms with Crippen LogP contribution in [0.5, 0.6) is 0 Å². The molecule has 3 heterocycles. The molecule has 5 aromatic rings. The Morgan fingerprint density at radius 3 is 2.73 bits per heavy atom. The van der Waals surface area contributed by atoms with E-state index in [9.17, 15) is 0 Å². The molecular weight excluding hydrogens is 396 g/mol. The van der Waals surface area contributed by atoms with Gasteiger partial charge in [0, 0.05) is 34.3 Å². The van der Waals surface area contributed by atoms with Gasteiger partial charge < -0.3 is 9.51 Å². The predicted molar refractivity (Wildman–Crippen MR) is 115 cm³/mol. The minimum absolute atomic E-state index is 0.455. The smallest absolute Gasteiger partial charge is 0.257 e. The summed E-state index contributed by atoms with van der Waals surface area (Å²) in [5.74, 6) is 2.68. The van der Waals surface area contributed by atoms with Gasteiger partial charge in [-0.2, -0.15) is 4.98 Å². The van der Waals surface area contributed by atoms with Crippen molar-refractivity contribution in [2.45, 2.75) is 29.8 Å². The number of fused-ring (bicyclic) bond motifs is 1. The van der Waals surface area contributed by atoms with Gasteiger partial charge in [0.15, 0.2) is 16.8 Å². The summed E-state index contributed by atoms with van der Waals surface area (Å²) in [6, 6.07) is 18.5. The lowest BCUT2D eigenvalue weighted by molar-refractivity contribution is 0.425. The molecule has 0 atom stereocenters. The summed E-state index contributed by atoms with van der Waals surface area (Å²) < 4.78 is 7.68. The first-order valence-corrected chi connectivity index (χ1v) is 10.9. The van der Waals surface area contributed by atoms with Crippen LogP contribution in [-0.4, -0.2) is 29.9 Å². The Morgan fingerprint density at radius 1 is 1.03 bits per heavy atom. The Bertz CT molecular complexity index is 1320. The van der Waals surface area contributed by atoms with E-state index in [-0.39, 0.29) is 0 Å². The lowest BCUT2D eigenvalue weighted by atomic mass is 10.1. The third kappa shape index (κ3) is 3.09. The van der Waals surface area contributed by atoms with E-state index in [0.717, 1.165) is 45.9 Å². The van der Waals surface area contributed by atoms with Gasteiger partial charge in [0.05, 0.1) is 5.75 Å². The molecule has 7 nitrogen and oxygen atoms in total. The normalized spacial score (nSPS) is 13.9. The van der Waals surface area contributed by atoms with Crippen molar-refractivity contribution >= 4 is 22.7 Å². The zero-order chi connectivity index (χ0) is 19.9. The first-order valence-electron chi connectivity index (χ1n) is 9.89. The molecule has 1 aliphatic rings. The standard InChI is InChI=1S/C22H18N6OS/c1-2-6-14(7-3-1)21-24-19(27-29-21)13-30-22-26-25-20(28(22)15-10-11-15)17-12-23-18-9-5-4-8-16(17)18/h1-9,12,15,23H,10-11,13H2. The molecule has 1 saturated carbocycles. The van der Waals surface area contributed by atoms with Crippen LogP contribution in [0, 0.1) is 0 Å². The molecule has 0 radical (unpaired) electrons. The molecule has 0 aliphatic heterocycles. The quantitative estimate of drug-likeness (QED) is 0.389. The van der Waals surface area contributed by atoms with E-state index in [0.29, 0.717) is 23.5 Å². The fourth-order valence-electron chi connectivity index (χ4n) is 3.62. The SMILES string of the molecule is c1ccc(-c2nc(CSc3nnc(-c4c[nH]c5ccccc45)n3C3CC3)no2)cc1. The minimum atomic E-state index is 0.455. The van der Waals surface area contributed by atoms with Crippen molar-refractivity contribution in [2.24, 2.45) is 0 Å². The maximum atomic E-state index is 5.42. The second-order valence-electron chi connectivity index (χ2n) is 7.33. The summed E-state index contributed by atoms with van der Waals surface area (Å²) in [5.41, 5.74) is 3.11. The molecule has 0 amide bonds. The van der Waals surface area contributed by atoms with Crippen LogP contribution in [0.3, 0.4) is 0 Å². The number of hydrogen-bond acceptors (Lipinski definition) is 6. The average Bonchev–Trinajstić information content (AvgIpc) is 3.19. The second-order valence-corrected chi connectivity index (χ2v) is 8.27. The molecule has 1 aliphatic carbocycles. The zero-order valence-corrected chi connectivity index (χ0v) is 16.8. The lowest BCUT2D eigenvalue weighted by Crippen LogP contribution is -1.99. The van der Waals surface area contributed by atoms with Gasteiger partial charge >= 0.3 is 0 Å². The molecule has 30 heavy (non-hydrogen) atoms. The number of thioether (sulfide) groups is 1. The summed E-state index contributed by atoms with van der Waals surface area (Å²) in [7, 11) is 0. The molecule has 0 unspecified atom stereocenters. The third-order valence-electron chi connectivity index (χ3n) is 5.23. The number of hydrogen-bond donors (Lipinski definition) is 1. The van der Waals surface area contributed by atoms with Crippen molar-refractivity contribution in [3.63, 3.8) is 0 Å². The fraction of sp³-hybridized carbons (Fsp3) is 0.182. The number of para-hydroxylation sites is 1. The Morgan fingerprint density at radius 2 is 1.87 bits per heavy atom. The molecule has 1 N–H and O–H groups in total. The van der Waals surface area contributed by atoms with E-state index in [4.69, 9.17) is 4.52 Å². The van der Waals surface area contributed by atoms with Crippen molar-refractivity contribution in [3.05, 3.63) is 66.6 Å². The topological polar surface area (TPSA) is 85.4 Å². The highest BCUT2D eigenvalue weighted by Crippen LogP contribution is 2.42. The van der Waals surface area contributed by atoms with Crippen LogP contribution >= 0.6 is 11.8 Å². The van der Waals surface area contributed by atoms with Crippen LogP contribution in [0.2, 0.25) is 0 Å². The van der Waals surface area contributed by atoms with Gasteiger partial charge in [-0.15, -0.1) is 10.2 Å². The number of aromatic nitrogens is 6.